The number of nitrogens with one attached hydrogen (secondary N) is 4. The van der Waals surface area contributed by atoms with Crippen LogP contribution >= 0.6 is 0 Å². The molecule has 0 saturated heterocycles. The second kappa shape index (κ2) is 12.5. The maximum atomic E-state index is 13.9. The number of hydrogen-bond donors (Lipinski definition) is 4. The quantitative estimate of drug-likeness (QED) is 0.220. The monoisotopic (exact) mass is 563 g/mol. The molecule has 2 atom stereocenters. The fraction of sp³-hybridized carbons (Fsp3) is 0.188. The number of rotatable bonds is 9. The lowest BCUT2D eigenvalue weighted by molar-refractivity contribution is -0.111. The van der Waals surface area contributed by atoms with E-state index in [0.29, 0.717) is 23.6 Å². The third-order valence-electron chi connectivity index (χ3n) is 7.07. The van der Waals surface area contributed by atoms with Gasteiger partial charge in [0.2, 0.25) is 5.91 Å². The Balaban J connectivity index is 1.38. The summed E-state index contributed by atoms with van der Waals surface area (Å²) in [5.74, 6) is -0.332. The maximum Gasteiger partial charge on any atom is 0.319 e. The summed E-state index contributed by atoms with van der Waals surface area (Å²) in [4.78, 5) is 42.3. The number of carbonyl (C=O) groups excluding carboxylic acids is 3. The first-order valence-corrected chi connectivity index (χ1v) is 13.6. The van der Waals surface area contributed by atoms with Crippen molar-refractivity contribution in [2.24, 2.45) is 0 Å². The van der Waals surface area contributed by atoms with E-state index in [9.17, 15) is 14.4 Å². The van der Waals surface area contributed by atoms with E-state index < -0.39 is 6.04 Å². The van der Waals surface area contributed by atoms with E-state index >= 15 is 0 Å². The predicted octanol–water partition coefficient (Wildman–Crippen LogP) is 4.70. The minimum Gasteiger partial charge on any atom is -0.330 e. The number of anilines is 2. The summed E-state index contributed by atoms with van der Waals surface area (Å²) in [7, 11) is 3.95. The molecule has 0 radical (unpaired) electrons. The number of likely N-dealkylation sites (N-methyl/N-ethyl adjacent to an activating group) is 1. The number of fused-ring (bicyclic) bond motifs is 1. The number of aromatic amines is 1. The van der Waals surface area contributed by atoms with E-state index in [1.54, 1.807) is 29.2 Å². The van der Waals surface area contributed by atoms with Crippen molar-refractivity contribution in [3.63, 3.8) is 0 Å². The number of hydrogen-bond acceptors (Lipinski definition) is 5. The van der Waals surface area contributed by atoms with Crippen LogP contribution in [0.3, 0.4) is 0 Å². The molecule has 42 heavy (non-hydrogen) atoms. The molecule has 5 rings (SSSR count). The smallest absolute Gasteiger partial charge is 0.319 e. The van der Waals surface area contributed by atoms with Gasteiger partial charge in [-0.15, -0.1) is 0 Å². The first-order chi connectivity index (χ1) is 20.3. The second-order valence-corrected chi connectivity index (χ2v) is 10.3. The topological polar surface area (TPSA) is 122 Å². The molecule has 2 heterocycles. The molecule has 0 unspecified atom stereocenters. The molecular formula is C32H33N7O3. The zero-order valence-corrected chi connectivity index (χ0v) is 23.5. The van der Waals surface area contributed by atoms with Gasteiger partial charge in [-0.05, 0) is 55.6 Å². The van der Waals surface area contributed by atoms with Crippen molar-refractivity contribution in [3.05, 3.63) is 126 Å². The Morgan fingerprint density at radius 1 is 1.00 bits per heavy atom. The van der Waals surface area contributed by atoms with Gasteiger partial charge in [0.15, 0.2) is 5.82 Å². The van der Waals surface area contributed by atoms with Crippen molar-refractivity contribution < 1.29 is 14.4 Å². The van der Waals surface area contributed by atoms with Crippen LogP contribution in [0.15, 0.2) is 97.6 Å². The molecule has 0 saturated carbocycles. The summed E-state index contributed by atoms with van der Waals surface area (Å²) >= 11 is 0. The largest absolute Gasteiger partial charge is 0.330 e. The van der Waals surface area contributed by atoms with Gasteiger partial charge in [-0.2, -0.15) is 5.10 Å². The molecule has 1 aliphatic heterocycles. The number of urea groups is 1. The van der Waals surface area contributed by atoms with E-state index in [1.165, 1.54) is 6.08 Å². The van der Waals surface area contributed by atoms with Crippen molar-refractivity contribution in [3.8, 4) is 0 Å². The Kier molecular flexibility index (Phi) is 8.44. The van der Waals surface area contributed by atoms with E-state index in [-0.39, 0.29) is 30.4 Å². The van der Waals surface area contributed by atoms with Gasteiger partial charge in [0.05, 0.1) is 18.3 Å². The molecule has 4 amide bonds. The summed E-state index contributed by atoms with van der Waals surface area (Å²) in [5.41, 5.74) is 4.37. The average molecular weight is 564 g/mol. The fourth-order valence-electron chi connectivity index (χ4n) is 5.05. The van der Waals surface area contributed by atoms with Crippen molar-refractivity contribution in [1.29, 1.82) is 0 Å². The second-order valence-electron chi connectivity index (χ2n) is 10.3. The van der Waals surface area contributed by atoms with E-state index in [0.717, 1.165) is 22.4 Å². The first kappa shape index (κ1) is 28.3. The van der Waals surface area contributed by atoms with Gasteiger partial charge in [0, 0.05) is 23.4 Å². The first-order valence-electron chi connectivity index (χ1n) is 13.6. The molecule has 4 N–H and O–H groups in total. The standard InChI is InChI=1S/C32H33N7O3/c1-4-27(40)33-24-17-15-23(16-18-24)31(41)35-30-25-19-39(29(28(25)36-37-30)22-13-9-6-10-14-22)32(42)34-26(20-38(2)3)21-11-7-5-8-12-21/h4-18,26,29H,1,19-20H2,2-3H3,(H,33,40)(H,34,42)(H2,35,36,37,41)/t26-,29+/m1/s1. The van der Waals surface area contributed by atoms with Crippen LogP contribution in [-0.2, 0) is 11.3 Å². The number of benzene rings is 3. The molecule has 1 aromatic heterocycles. The van der Waals surface area contributed by atoms with Gasteiger partial charge in [-0.1, -0.05) is 67.2 Å². The molecular weight excluding hydrogens is 530 g/mol. The summed E-state index contributed by atoms with van der Waals surface area (Å²) in [6, 6.07) is 25.3. The highest BCUT2D eigenvalue weighted by Crippen LogP contribution is 2.40. The van der Waals surface area contributed by atoms with Gasteiger partial charge in [0.1, 0.15) is 6.04 Å². The minimum atomic E-state index is -0.414. The number of aromatic nitrogens is 2. The van der Waals surface area contributed by atoms with Crippen LogP contribution < -0.4 is 16.0 Å². The third-order valence-corrected chi connectivity index (χ3v) is 7.07. The Morgan fingerprint density at radius 2 is 1.67 bits per heavy atom. The molecule has 0 spiro atoms. The van der Waals surface area contributed by atoms with E-state index in [1.807, 2.05) is 79.7 Å². The number of nitrogens with zero attached hydrogens (tertiary/aromatic N) is 3. The zero-order valence-electron chi connectivity index (χ0n) is 23.5. The number of amides is 4. The minimum absolute atomic E-state index is 0.222. The lowest BCUT2D eigenvalue weighted by atomic mass is 10.0. The fourth-order valence-corrected chi connectivity index (χ4v) is 5.05. The molecule has 0 fully saturated rings. The van der Waals surface area contributed by atoms with Crippen LogP contribution in [0, 0.1) is 0 Å². The summed E-state index contributed by atoms with van der Waals surface area (Å²) in [6.45, 7) is 4.32. The highest BCUT2D eigenvalue weighted by molar-refractivity contribution is 6.05. The van der Waals surface area contributed by atoms with Crippen molar-refractivity contribution in [1.82, 2.24) is 25.3 Å². The Morgan fingerprint density at radius 3 is 2.31 bits per heavy atom. The van der Waals surface area contributed by atoms with Gasteiger partial charge in [0.25, 0.3) is 5.91 Å². The van der Waals surface area contributed by atoms with Crippen LogP contribution in [0.25, 0.3) is 0 Å². The molecule has 4 aromatic rings. The average Bonchev–Trinajstić information content (AvgIpc) is 3.57. The lowest BCUT2D eigenvalue weighted by Crippen LogP contribution is -2.43. The molecule has 0 bridgehead atoms. The van der Waals surface area contributed by atoms with Crippen molar-refractivity contribution >= 4 is 29.4 Å². The van der Waals surface area contributed by atoms with Gasteiger partial charge >= 0.3 is 6.03 Å². The Labute approximate surface area is 244 Å². The number of carbonyl (C=O) groups is 3. The summed E-state index contributed by atoms with van der Waals surface area (Å²) in [5, 5.41) is 16.2. The molecule has 1 aliphatic rings. The van der Waals surface area contributed by atoms with Crippen LogP contribution in [0.2, 0.25) is 0 Å². The van der Waals surface area contributed by atoms with E-state index in [2.05, 4.69) is 32.7 Å². The Bertz CT molecular complexity index is 1570. The van der Waals surface area contributed by atoms with Gasteiger partial charge in [-0.25, -0.2) is 4.79 Å². The van der Waals surface area contributed by atoms with Crippen LogP contribution in [0.4, 0.5) is 16.3 Å². The molecule has 3 aromatic carbocycles. The van der Waals surface area contributed by atoms with Crippen LogP contribution in [0.5, 0.6) is 0 Å². The zero-order chi connectivity index (χ0) is 29.6. The number of H-pyrrole nitrogens is 1. The highest BCUT2D eigenvalue weighted by atomic mass is 16.2. The Hall–Kier alpha value is -5.22. The van der Waals surface area contributed by atoms with Crippen molar-refractivity contribution in [2.75, 3.05) is 31.3 Å². The van der Waals surface area contributed by atoms with Gasteiger partial charge < -0.3 is 25.8 Å². The van der Waals surface area contributed by atoms with Gasteiger partial charge in [-0.3, -0.25) is 14.7 Å². The van der Waals surface area contributed by atoms with Crippen LogP contribution in [-0.4, -0.2) is 58.5 Å². The summed E-state index contributed by atoms with van der Waals surface area (Å²) in [6.07, 6.45) is 1.18. The van der Waals surface area contributed by atoms with Crippen molar-refractivity contribution in [2.45, 2.75) is 18.6 Å². The highest BCUT2D eigenvalue weighted by Gasteiger charge is 2.39. The maximum absolute atomic E-state index is 13.9. The van der Waals surface area contributed by atoms with Crippen LogP contribution in [0.1, 0.15) is 44.8 Å². The van der Waals surface area contributed by atoms with E-state index in [4.69, 9.17) is 0 Å². The molecule has 10 nitrogen and oxygen atoms in total. The SMILES string of the molecule is C=CC(=O)Nc1ccc(C(=O)Nc2n[nH]c3c2CN(C(=O)N[C@H](CN(C)C)c2ccccc2)[C@H]3c2ccccc2)cc1. The molecule has 0 aliphatic carbocycles. The summed E-state index contributed by atoms with van der Waals surface area (Å²) < 4.78 is 0. The predicted molar refractivity (Wildman–Crippen MR) is 162 cm³/mol. The lowest BCUT2D eigenvalue weighted by Gasteiger charge is -2.29. The molecule has 214 valence electrons. The molecule has 10 heteroatoms. The normalized spacial score (nSPS) is 14.6. The third kappa shape index (κ3) is 6.24.